The lowest BCUT2D eigenvalue weighted by molar-refractivity contribution is -0.139. The standard InChI is InChI=1S/C14H22N4O5/c1-8-13(23)16-14(2,3)18(8)12(22)5-15-10(20)7-17-6-9(19)4-11(17)21/h8-9,19H,4-7H2,1-3H3,(H,15,20)(H,16,23). The molecule has 2 aliphatic rings. The van der Waals surface area contributed by atoms with Crippen molar-refractivity contribution in [2.24, 2.45) is 0 Å². The SMILES string of the molecule is CC1C(=O)NC(C)(C)N1C(=O)CNC(=O)CN1CC(O)CC1=O. The molecule has 0 aromatic rings. The molecule has 0 aromatic heterocycles. The zero-order chi connectivity index (χ0) is 17.4. The van der Waals surface area contributed by atoms with Crippen LogP contribution in [0.2, 0.25) is 0 Å². The fourth-order valence-electron chi connectivity index (χ4n) is 2.99. The molecular formula is C14H22N4O5. The Kier molecular flexibility index (Phi) is 4.60. The summed E-state index contributed by atoms with van der Waals surface area (Å²) in [7, 11) is 0. The van der Waals surface area contributed by atoms with E-state index in [0.717, 1.165) is 0 Å². The molecule has 0 bridgehead atoms. The van der Waals surface area contributed by atoms with E-state index >= 15 is 0 Å². The zero-order valence-electron chi connectivity index (χ0n) is 13.5. The second-order valence-corrected chi connectivity index (χ2v) is 6.40. The summed E-state index contributed by atoms with van der Waals surface area (Å²) in [5, 5.41) is 14.5. The van der Waals surface area contributed by atoms with Crippen LogP contribution in [0.3, 0.4) is 0 Å². The first-order chi connectivity index (χ1) is 10.6. The molecular weight excluding hydrogens is 304 g/mol. The molecule has 23 heavy (non-hydrogen) atoms. The highest BCUT2D eigenvalue weighted by atomic mass is 16.3. The predicted octanol–water partition coefficient (Wildman–Crippen LogP) is -2.22. The topological polar surface area (TPSA) is 119 Å². The fraction of sp³-hybridized carbons (Fsp3) is 0.714. The number of carbonyl (C=O) groups excluding carboxylic acids is 4. The van der Waals surface area contributed by atoms with Crippen LogP contribution in [0.15, 0.2) is 0 Å². The van der Waals surface area contributed by atoms with Gasteiger partial charge in [0.05, 0.1) is 25.6 Å². The van der Waals surface area contributed by atoms with E-state index in [0.29, 0.717) is 0 Å². The predicted molar refractivity (Wildman–Crippen MR) is 78.7 cm³/mol. The number of aliphatic hydroxyl groups is 1. The minimum Gasteiger partial charge on any atom is -0.391 e. The normalized spacial score (nSPS) is 26.4. The summed E-state index contributed by atoms with van der Waals surface area (Å²) in [5.41, 5.74) is -0.812. The van der Waals surface area contributed by atoms with E-state index < -0.39 is 23.7 Å². The zero-order valence-corrected chi connectivity index (χ0v) is 13.5. The molecule has 0 aliphatic carbocycles. The van der Waals surface area contributed by atoms with Gasteiger partial charge in [0.2, 0.25) is 23.6 Å². The Bertz CT molecular complexity index is 547. The van der Waals surface area contributed by atoms with Gasteiger partial charge in [-0.15, -0.1) is 0 Å². The fourth-order valence-corrected chi connectivity index (χ4v) is 2.99. The third kappa shape index (κ3) is 3.61. The molecule has 4 amide bonds. The molecule has 0 spiro atoms. The molecule has 0 aromatic carbocycles. The average molecular weight is 326 g/mol. The monoisotopic (exact) mass is 326 g/mol. The third-order valence-corrected chi connectivity index (χ3v) is 4.03. The van der Waals surface area contributed by atoms with Crippen molar-refractivity contribution in [1.82, 2.24) is 20.4 Å². The Morgan fingerprint density at radius 2 is 2.04 bits per heavy atom. The quantitative estimate of drug-likeness (QED) is 0.541. The number of hydrogen-bond donors (Lipinski definition) is 3. The van der Waals surface area contributed by atoms with Gasteiger partial charge in [-0.1, -0.05) is 0 Å². The van der Waals surface area contributed by atoms with Gasteiger partial charge in [-0.05, 0) is 20.8 Å². The first kappa shape index (κ1) is 17.2. The van der Waals surface area contributed by atoms with Crippen molar-refractivity contribution in [1.29, 1.82) is 0 Å². The van der Waals surface area contributed by atoms with E-state index in [1.54, 1.807) is 20.8 Å². The van der Waals surface area contributed by atoms with Crippen LogP contribution in [0.25, 0.3) is 0 Å². The maximum absolute atomic E-state index is 12.3. The number of amides is 4. The van der Waals surface area contributed by atoms with Gasteiger partial charge in [-0.3, -0.25) is 19.2 Å². The van der Waals surface area contributed by atoms with Crippen LogP contribution < -0.4 is 10.6 Å². The molecule has 2 atom stereocenters. The van der Waals surface area contributed by atoms with Crippen molar-refractivity contribution in [3.05, 3.63) is 0 Å². The second kappa shape index (κ2) is 6.15. The highest BCUT2D eigenvalue weighted by Crippen LogP contribution is 2.21. The largest absolute Gasteiger partial charge is 0.391 e. The van der Waals surface area contributed by atoms with Crippen LogP contribution in [-0.2, 0) is 19.2 Å². The summed E-state index contributed by atoms with van der Waals surface area (Å²) >= 11 is 0. The van der Waals surface area contributed by atoms with E-state index in [2.05, 4.69) is 10.6 Å². The molecule has 0 radical (unpaired) electrons. The smallest absolute Gasteiger partial charge is 0.244 e. The summed E-state index contributed by atoms with van der Waals surface area (Å²) in [6, 6.07) is -0.607. The summed E-state index contributed by atoms with van der Waals surface area (Å²) < 4.78 is 0. The summed E-state index contributed by atoms with van der Waals surface area (Å²) in [6.45, 7) is 4.70. The molecule has 2 aliphatic heterocycles. The van der Waals surface area contributed by atoms with Gasteiger partial charge in [-0.2, -0.15) is 0 Å². The second-order valence-electron chi connectivity index (χ2n) is 6.40. The van der Waals surface area contributed by atoms with E-state index in [1.165, 1.54) is 9.80 Å². The summed E-state index contributed by atoms with van der Waals surface area (Å²) in [5.74, 6) is -1.40. The minimum atomic E-state index is -0.812. The molecule has 2 unspecified atom stereocenters. The number of aliphatic hydroxyl groups excluding tert-OH is 1. The Balaban J connectivity index is 1.86. The third-order valence-electron chi connectivity index (χ3n) is 4.03. The van der Waals surface area contributed by atoms with Crippen LogP contribution in [0, 0.1) is 0 Å². The number of rotatable bonds is 4. The number of nitrogens with zero attached hydrogens (tertiary/aromatic N) is 2. The molecule has 2 saturated heterocycles. The van der Waals surface area contributed by atoms with Crippen molar-refractivity contribution in [2.45, 2.75) is 45.0 Å². The van der Waals surface area contributed by atoms with Crippen molar-refractivity contribution in [3.63, 3.8) is 0 Å². The van der Waals surface area contributed by atoms with E-state index in [4.69, 9.17) is 0 Å². The summed E-state index contributed by atoms with van der Waals surface area (Å²) in [4.78, 5) is 49.9. The Hall–Kier alpha value is -2.16. The number of likely N-dealkylation sites (tertiary alicyclic amines) is 1. The van der Waals surface area contributed by atoms with Gasteiger partial charge < -0.3 is 25.5 Å². The highest BCUT2D eigenvalue weighted by Gasteiger charge is 2.45. The van der Waals surface area contributed by atoms with Gasteiger partial charge in [0.25, 0.3) is 0 Å². The highest BCUT2D eigenvalue weighted by molar-refractivity contribution is 5.94. The van der Waals surface area contributed by atoms with E-state index in [1.807, 2.05) is 0 Å². The lowest BCUT2D eigenvalue weighted by Crippen LogP contribution is -2.54. The first-order valence-electron chi connectivity index (χ1n) is 7.48. The van der Waals surface area contributed by atoms with Gasteiger partial charge in [0.1, 0.15) is 11.7 Å². The van der Waals surface area contributed by atoms with Crippen molar-refractivity contribution in [2.75, 3.05) is 19.6 Å². The lowest BCUT2D eigenvalue weighted by atomic mass is 10.2. The summed E-state index contributed by atoms with van der Waals surface area (Å²) in [6.07, 6.45) is -0.736. The first-order valence-corrected chi connectivity index (χ1v) is 7.48. The van der Waals surface area contributed by atoms with Gasteiger partial charge in [0, 0.05) is 6.54 Å². The van der Waals surface area contributed by atoms with Crippen LogP contribution >= 0.6 is 0 Å². The minimum absolute atomic E-state index is 0.0134. The van der Waals surface area contributed by atoms with Crippen molar-refractivity contribution in [3.8, 4) is 0 Å². The Morgan fingerprint density at radius 3 is 2.52 bits per heavy atom. The average Bonchev–Trinajstić information content (AvgIpc) is 2.83. The van der Waals surface area contributed by atoms with Crippen LogP contribution in [0.1, 0.15) is 27.2 Å². The van der Waals surface area contributed by atoms with Gasteiger partial charge in [-0.25, -0.2) is 0 Å². The number of β-amino-alcohol motifs (C(OH)–C–C–N with tert-alkyl or cyclic N) is 1. The Morgan fingerprint density at radius 1 is 1.39 bits per heavy atom. The van der Waals surface area contributed by atoms with E-state index in [9.17, 15) is 24.3 Å². The number of nitrogens with one attached hydrogen (secondary N) is 2. The molecule has 2 rings (SSSR count). The number of hydrogen-bond acceptors (Lipinski definition) is 5. The lowest BCUT2D eigenvalue weighted by Gasteiger charge is -2.32. The molecule has 2 fully saturated rings. The molecule has 2 heterocycles. The maximum atomic E-state index is 12.3. The van der Waals surface area contributed by atoms with Gasteiger partial charge in [0.15, 0.2) is 0 Å². The van der Waals surface area contributed by atoms with Crippen molar-refractivity contribution < 1.29 is 24.3 Å². The van der Waals surface area contributed by atoms with Crippen LogP contribution in [0.4, 0.5) is 0 Å². The number of carbonyl (C=O) groups is 4. The van der Waals surface area contributed by atoms with Crippen LogP contribution in [-0.4, -0.2) is 76.0 Å². The van der Waals surface area contributed by atoms with Crippen molar-refractivity contribution >= 4 is 23.6 Å². The molecule has 9 heteroatoms. The van der Waals surface area contributed by atoms with Crippen LogP contribution in [0.5, 0.6) is 0 Å². The molecule has 0 saturated carbocycles. The van der Waals surface area contributed by atoms with E-state index in [-0.39, 0.29) is 43.8 Å². The Labute approximate surface area is 134 Å². The molecule has 128 valence electrons. The maximum Gasteiger partial charge on any atom is 0.244 e. The molecule has 3 N–H and O–H groups in total. The van der Waals surface area contributed by atoms with Gasteiger partial charge >= 0.3 is 0 Å². The molecule has 9 nitrogen and oxygen atoms in total.